The molecule has 108 valence electrons. The Morgan fingerprint density at radius 3 is 2.14 bits per heavy atom. The van der Waals surface area contributed by atoms with Gasteiger partial charge < -0.3 is 10.6 Å². The Morgan fingerprint density at radius 1 is 0.810 bits per heavy atom. The van der Waals surface area contributed by atoms with Crippen molar-refractivity contribution in [2.75, 3.05) is 24.7 Å². The standard InChI is InChI=1S/C10H11N3.C6H8N2/c1-11-10-7-8-12-13(10)9-5-3-2-4-6-9;1-7-6-4-2-3-5-8-6/h2-8,11H,1H3;2-5H,1H3,(H,7,8). The average molecular weight is 281 g/mol. The lowest BCUT2D eigenvalue weighted by Gasteiger charge is -2.05. The van der Waals surface area contributed by atoms with Crippen LogP contribution in [0.1, 0.15) is 0 Å². The summed E-state index contributed by atoms with van der Waals surface area (Å²) in [6, 6.07) is 17.7. The predicted octanol–water partition coefficient (Wildman–Crippen LogP) is 3.04. The highest BCUT2D eigenvalue weighted by molar-refractivity contribution is 5.43. The molecule has 3 aromatic rings. The third-order valence-corrected chi connectivity index (χ3v) is 2.82. The predicted molar refractivity (Wildman–Crippen MR) is 86.9 cm³/mol. The summed E-state index contributed by atoms with van der Waals surface area (Å²) in [5, 5.41) is 10.2. The van der Waals surface area contributed by atoms with Gasteiger partial charge in [0.25, 0.3) is 0 Å². The van der Waals surface area contributed by atoms with Gasteiger partial charge in [-0.15, -0.1) is 0 Å². The summed E-state index contributed by atoms with van der Waals surface area (Å²) in [4.78, 5) is 3.99. The fraction of sp³-hybridized carbons (Fsp3) is 0.125. The van der Waals surface area contributed by atoms with Gasteiger partial charge in [0.15, 0.2) is 0 Å². The molecule has 2 aromatic heterocycles. The number of nitrogens with zero attached hydrogens (tertiary/aromatic N) is 3. The van der Waals surface area contributed by atoms with E-state index < -0.39 is 0 Å². The van der Waals surface area contributed by atoms with Crippen LogP contribution in [0, 0.1) is 0 Å². The van der Waals surface area contributed by atoms with E-state index in [0.717, 1.165) is 17.3 Å². The Morgan fingerprint density at radius 2 is 1.57 bits per heavy atom. The highest BCUT2D eigenvalue weighted by Gasteiger charge is 2.00. The molecule has 0 fully saturated rings. The molecule has 0 aliphatic heterocycles. The first-order valence-corrected chi connectivity index (χ1v) is 6.71. The van der Waals surface area contributed by atoms with Gasteiger partial charge in [-0.1, -0.05) is 24.3 Å². The topological polar surface area (TPSA) is 54.8 Å². The number of nitrogens with one attached hydrogen (secondary N) is 2. The van der Waals surface area contributed by atoms with Crippen LogP contribution in [0.15, 0.2) is 67.0 Å². The smallest absolute Gasteiger partial charge is 0.129 e. The molecule has 2 heterocycles. The second-order valence-electron chi connectivity index (χ2n) is 4.18. The lowest BCUT2D eigenvalue weighted by Crippen LogP contribution is -2.01. The number of pyridine rings is 1. The van der Waals surface area contributed by atoms with E-state index in [1.807, 2.05) is 73.4 Å². The maximum atomic E-state index is 4.21. The van der Waals surface area contributed by atoms with Crippen LogP contribution in [-0.4, -0.2) is 28.9 Å². The molecule has 0 saturated carbocycles. The van der Waals surface area contributed by atoms with Gasteiger partial charge in [-0.05, 0) is 24.3 Å². The molecular weight excluding hydrogens is 262 g/mol. The van der Waals surface area contributed by atoms with Gasteiger partial charge in [-0.2, -0.15) is 5.10 Å². The van der Waals surface area contributed by atoms with Crippen molar-refractivity contribution in [3.05, 3.63) is 67.0 Å². The quantitative estimate of drug-likeness (QED) is 0.775. The van der Waals surface area contributed by atoms with Gasteiger partial charge in [0.2, 0.25) is 0 Å². The van der Waals surface area contributed by atoms with Crippen LogP contribution in [0.5, 0.6) is 0 Å². The number of benzene rings is 1. The van der Waals surface area contributed by atoms with Crippen LogP contribution < -0.4 is 10.6 Å². The Labute approximate surface area is 124 Å². The van der Waals surface area contributed by atoms with E-state index in [0.29, 0.717) is 0 Å². The molecule has 0 aliphatic carbocycles. The highest BCUT2D eigenvalue weighted by atomic mass is 15.3. The number of aromatic nitrogens is 3. The van der Waals surface area contributed by atoms with E-state index in [9.17, 15) is 0 Å². The minimum absolute atomic E-state index is 0.910. The van der Waals surface area contributed by atoms with Crippen molar-refractivity contribution in [1.82, 2.24) is 14.8 Å². The highest BCUT2D eigenvalue weighted by Crippen LogP contribution is 2.12. The van der Waals surface area contributed by atoms with E-state index in [4.69, 9.17) is 0 Å². The summed E-state index contributed by atoms with van der Waals surface area (Å²) >= 11 is 0. The van der Waals surface area contributed by atoms with Crippen LogP contribution in [0.3, 0.4) is 0 Å². The lowest BCUT2D eigenvalue weighted by molar-refractivity contribution is 0.885. The van der Waals surface area contributed by atoms with E-state index in [1.54, 1.807) is 12.4 Å². The van der Waals surface area contributed by atoms with Crippen molar-refractivity contribution < 1.29 is 0 Å². The van der Waals surface area contributed by atoms with Crippen LogP contribution in [-0.2, 0) is 0 Å². The molecule has 1 aromatic carbocycles. The maximum absolute atomic E-state index is 4.21. The number of hydrogen-bond acceptors (Lipinski definition) is 4. The zero-order valence-corrected chi connectivity index (χ0v) is 12.2. The summed E-state index contributed by atoms with van der Waals surface area (Å²) in [5.41, 5.74) is 1.07. The molecular formula is C16H19N5. The molecule has 0 aliphatic rings. The minimum atomic E-state index is 0.910. The van der Waals surface area contributed by atoms with E-state index in [2.05, 4.69) is 20.7 Å². The van der Waals surface area contributed by atoms with Crippen molar-refractivity contribution in [2.24, 2.45) is 0 Å². The molecule has 0 amide bonds. The largest absolute Gasteiger partial charge is 0.373 e. The van der Waals surface area contributed by atoms with Crippen LogP contribution >= 0.6 is 0 Å². The molecule has 5 heteroatoms. The number of anilines is 2. The SMILES string of the molecule is CNc1ccccn1.CNc1ccnn1-c1ccccc1. The summed E-state index contributed by atoms with van der Waals surface area (Å²) in [6.07, 6.45) is 3.53. The fourth-order valence-electron chi connectivity index (χ4n) is 1.78. The van der Waals surface area contributed by atoms with E-state index >= 15 is 0 Å². The lowest BCUT2D eigenvalue weighted by atomic mass is 10.3. The second-order valence-corrected chi connectivity index (χ2v) is 4.18. The van der Waals surface area contributed by atoms with Crippen LogP contribution in [0.25, 0.3) is 5.69 Å². The molecule has 0 spiro atoms. The van der Waals surface area contributed by atoms with Crippen molar-refractivity contribution in [3.63, 3.8) is 0 Å². The van der Waals surface area contributed by atoms with E-state index in [-0.39, 0.29) is 0 Å². The van der Waals surface area contributed by atoms with Crippen molar-refractivity contribution in [3.8, 4) is 5.69 Å². The third kappa shape index (κ3) is 4.07. The molecule has 0 saturated heterocycles. The first kappa shape index (κ1) is 14.6. The first-order valence-electron chi connectivity index (χ1n) is 6.71. The second kappa shape index (κ2) is 7.69. The Hall–Kier alpha value is -2.82. The number of para-hydroxylation sites is 1. The molecule has 2 N–H and O–H groups in total. The van der Waals surface area contributed by atoms with Crippen molar-refractivity contribution >= 4 is 11.6 Å². The minimum Gasteiger partial charge on any atom is -0.373 e. The van der Waals surface area contributed by atoms with Gasteiger partial charge >= 0.3 is 0 Å². The number of rotatable bonds is 3. The molecule has 0 bridgehead atoms. The fourth-order valence-corrected chi connectivity index (χ4v) is 1.78. The normalized spacial score (nSPS) is 9.43. The Kier molecular flexibility index (Phi) is 5.34. The maximum Gasteiger partial charge on any atom is 0.129 e. The Bertz CT molecular complexity index is 634. The van der Waals surface area contributed by atoms with Gasteiger partial charge in [0.1, 0.15) is 11.6 Å². The molecule has 0 radical (unpaired) electrons. The molecule has 21 heavy (non-hydrogen) atoms. The first-order chi connectivity index (χ1) is 10.3. The summed E-state index contributed by atoms with van der Waals surface area (Å²) in [7, 11) is 3.73. The summed E-state index contributed by atoms with van der Waals surface area (Å²) in [5.74, 6) is 1.90. The molecule has 3 rings (SSSR count). The van der Waals surface area contributed by atoms with Crippen molar-refractivity contribution in [2.45, 2.75) is 0 Å². The van der Waals surface area contributed by atoms with Crippen molar-refractivity contribution in [1.29, 1.82) is 0 Å². The number of hydrogen-bond donors (Lipinski definition) is 2. The molecule has 0 atom stereocenters. The zero-order chi connectivity index (χ0) is 14.9. The Balaban J connectivity index is 0.000000173. The summed E-state index contributed by atoms with van der Waals surface area (Å²) in [6.45, 7) is 0. The van der Waals surface area contributed by atoms with Gasteiger partial charge in [-0.3, -0.25) is 0 Å². The van der Waals surface area contributed by atoms with Gasteiger partial charge in [-0.25, -0.2) is 9.67 Å². The monoisotopic (exact) mass is 281 g/mol. The third-order valence-electron chi connectivity index (χ3n) is 2.82. The van der Waals surface area contributed by atoms with Gasteiger partial charge in [0, 0.05) is 26.4 Å². The zero-order valence-electron chi connectivity index (χ0n) is 12.2. The van der Waals surface area contributed by atoms with Gasteiger partial charge in [0.05, 0.1) is 11.9 Å². The van der Waals surface area contributed by atoms with Crippen LogP contribution in [0.2, 0.25) is 0 Å². The summed E-state index contributed by atoms with van der Waals surface area (Å²) < 4.78 is 1.86. The average Bonchev–Trinajstić information content (AvgIpc) is 3.06. The van der Waals surface area contributed by atoms with E-state index in [1.165, 1.54) is 0 Å². The van der Waals surface area contributed by atoms with Crippen LogP contribution in [0.4, 0.5) is 11.6 Å². The molecule has 5 nitrogen and oxygen atoms in total. The molecule has 0 unspecified atom stereocenters.